The quantitative estimate of drug-likeness (QED) is 0.937. The molecular formula is C18H21N3O2. The number of aromatic carboxylic acids is 1. The van der Waals surface area contributed by atoms with Crippen LogP contribution in [-0.4, -0.2) is 53.7 Å². The highest BCUT2D eigenvalue weighted by Crippen LogP contribution is 2.19. The van der Waals surface area contributed by atoms with E-state index in [0.717, 1.165) is 31.9 Å². The van der Waals surface area contributed by atoms with Crippen molar-refractivity contribution in [3.63, 3.8) is 0 Å². The van der Waals surface area contributed by atoms with Crippen LogP contribution in [0.4, 0.5) is 5.82 Å². The van der Waals surface area contributed by atoms with Crippen molar-refractivity contribution in [2.45, 2.75) is 12.5 Å². The minimum atomic E-state index is -0.984. The number of piperazine rings is 1. The zero-order chi connectivity index (χ0) is 16.2. The summed E-state index contributed by atoms with van der Waals surface area (Å²) in [5.74, 6) is -0.238. The molecule has 3 rings (SSSR count). The van der Waals surface area contributed by atoms with Crippen LogP contribution in [-0.2, 0) is 6.42 Å². The lowest BCUT2D eigenvalue weighted by Crippen LogP contribution is -2.52. The molecule has 0 radical (unpaired) electrons. The Balaban J connectivity index is 1.75. The minimum absolute atomic E-state index is 0.0982. The van der Waals surface area contributed by atoms with Crippen LogP contribution >= 0.6 is 0 Å². The molecule has 1 unspecified atom stereocenters. The van der Waals surface area contributed by atoms with Gasteiger partial charge in [0, 0.05) is 25.7 Å². The van der Waals surface area contributed by atoms with E-state index in [9.17, 15) is 4.79 Å². The number of carboxylic acid groups (broad SMARTS) is 1. The summed E-state index contributed by atoms with van der Waals surface area (Å²) < 4.78 is 0. The average molecular weight is 311 g/mol. The molecule has 5 heteroatoms. The van der Waals surface area contributed by atoms with Gasteiger partial charge in [0.1, 0.15) is 5.82 Å². The summed E-state index contributed by atoms with van der Waals surface area (Å²) in [6, 6.07) is 16.0. The van der Waals surface area contributed by atoms with Gasteiger partial charge in [-0.15, -0.1) is 0 Å². The second-order valence-electron chi connectivity index (χ2n) is 5.96. The largest absolute Gasteiger partial charge is 0.477 e. The number of rotatable bonds is 4. The predicted octanol–water partition coefficient (Wildman–Crippen LogP) is 2.14. The lowest BCUT2D eigenvalue weighted by Gasteiger charge is -2.40. The number of hydrogen-bond donors (Lipinski definition) is 1. The molecule has 0 aliphatic carbocycles. The fourth-order valence-electron chi connectivity index (χ4n) is 2.98. The zero-order valence-corrected chi connectivity index (χ0v) is 13.2. The first-order valence-corrected chi connectivity index (χ1v) is 7.83. The summed E-state index contributed by atoms with van der Waals surface area (Å²) in [7, 11) is 2.14. The van der Waals surface area contributed by atoms with E-state index in [1.54, 1.807) is 6.07 Å². The summed E-state index contributed by atoms with van der Waals surface area (Å²) >= 11 is 0. The molecule has 1 atom stereocenters. The topological polar surface area (TPSA) is 56.7 Å². The molecule has 1 N–H and O–H groups in total. The van der Waals surface area contributed by atoms with Gasteiger partial charge in [0.05, 0.1) is 0 Å². The predicted molar refractivity (Wildman–Crippen MR) is 90.0 cm³/mol. The monoisotopic (exact) mass is 311 g/mol. The molecule has 1 saturated heterocycles. The Bertz CT molecular complexity index is 675. The minimum Gasteiger partial charge on any atom is -0.477 e. The second-order valence-corrected chi connectivity index (χ2v) is 5.96. The Kier molecular flexibility index (Phi) is 4.57. The first-order valence-electron chi connectivity index (χ1n) is 7.83. The fourth-order valence-corrected chi connectivity index (χ4v) is 2.98. The van der Waals surface area contributed by atoms with Crippen molar-refractivity contribution in [2.75, 3.05) is 31.6 Å². The zero-order valence-electron chi connectivity index (χ0n) is 13.2. The number of aromatic nitrogens is 1. The normalized spacial score (nSPS) is 18.8. The highest BCUT2D eigenvalue weighted by Gasteiger charge is 2.25. The highest BCUT2D eigenvalue weighted by molar-refractivity contribution is 5.85. The number of hydrogen-bond acceptors (Lipinski definition) is 4. The molecule has 0 spiro atoms. The average Bonchev–Trinajstić information content (AvgIpc) is 2.58. The molecule has 1 aliphatic heterocycles. The van der Waals surface area contributed by atoms with Crippen molar-refractivity contribution >= 4 is 11.8 Å². The number of carboxylic acids is 1. The standard InChI is InChI=1S/C18H21N3O2/c1-20-10-11-21(17-9-5-8-16(19-17)18(22)23)13-15(20)12-14-6-3-2-4-7-14/h2-9,15H,10-13H2,1H3,(H,22,23). The Morgan fingerprint density at radius 3 is 2.70 bits per heavy atom. The first kappa shape index (κ1) is 15.5. The maximum Gasteiger partial charge on any atom is 0.354 e. The highest BCUT2D eigenvalue weighted by atomic mass is 16.4. The van der Waals surface area contributed by atoms with Gasteiger partial charge in [0.25, 0.3) is 0 Å². The Morgan fingerprint density at radius 2 is 1.96 bits per heavy atom. The van der Waals surface area contributed by atoms with Crippen molar-refractivity contribution in [2.24, 2.45) is 0 Å². The summed E-state index contributed by atoms with van der Waals surface area (Å²) in [5, 5.41) is 9.11. The molecule has 5 nitrogen and oxygen atoms in total. The second kappa shape index (κ2) is 6.79. The lowest BCUT2D eigenvalue weighted by molar-refractivity contribution is 0.0690. The van der Waals surface area contributed by atoms with Crippen molar-refractivity contribution in [1.82, 2.24) is 9.88 Å². The molecule has 1 fully saturated rings. The van der Waals surface area contributed by atoms with Crippen LogP contribution < -0.4 is 4.90 Å². The lowest BCUT2D eigenvalue weighted by atomic mass is 10.0. The van der Waals surface area contributed by atoms with Gasteiger partial charge in [-0.2, -0.15) is 0 Å². The van der Waals surface area contributed by atoms with Gasteiger partial charge >= 0.3 is 5.97 Å². The summed E-state index contributed by atoms with van der Waals surface area (Å²) in [4.78, 5) is 19.9. The van der Waals surface area contributed by atoms with E-state index in [0.29, 0.717) is 6.04 Å². The van der Waals surface area contributed by atoms with E-state index in [1.807, 2.05) is 12.1 Å². The summed E-state index contributed by atoms with van der Waals surface area (Å²) in [6.07, 6.45) is 0.979. The number of anilines is 1. The fraction of sp³-hybridized carbons (Fsp3) is 0.333. The number of pyridine rings is 1. The third-order valence-electron chi connectivity index (χ3n) is 4.37. The molecule has 2 aromatic rings. The third kappa shape index (κ3) is 3.68. The van der Waals surface area contributed by atoms with Crippen LogP contribution in [0, 0.1) is 0 Å². The van der Waals surface area contributed by atoms with Crippen molar-refractivity contribution in [3.05, 3.63) is 59.8 Å². The van der Waals surface area contributed by atoms with E-state index in [2.05, 4.69) is 46.1 Å². The number of benzene rings is 1. The molecule has 0 bridgehead atoms. The van der Waals surface area contributed by atoms with Crippen LogP contribution in [0.15, 0.2) is 48.5 Å². The SMILES string of the molecule is CN1CCN(c2cccc(C(=O)O)n2)CC1Cc1ccccc1. The molecular weight excluding hydrogens is 290 g/mol. The smallest absolute Gasteiger partial charge is 0.354 e. The summed E-state index contributed by atoms with van der Waals surface area (Å²) in [5.41, 5.74) is 1.42. The van der Waals surface area contributed by atoms with Crippen LogP contribution in [0.1, 0.15) is 16.1 Å². The number of likely N-dealkylation sites (N-methyl/N-ethyl adjacent to an activating group) is 1. The molecule has 1 aromatic heterocycles. The number of nitrogens with zero attached hydrogens (tertiary/aromatic N) is 3. The third-order valence-corrected chi connectivity index (χ3v) is 4.37. The van der Waals surface area contributed by atoms with Crippen LogP contribution in [0.5, 0.6) is 0 Å². The van der Waals surface area contributed by atoms with Crippen LogP contribution in [0.2, 0.25) is 0 Å². The van der Waals surface area contributed by atoms with Gasteiger partial charge in [0.15, 0.2) is 5.69 Å². The van der Waals surface area contributed by atoms with E-state index < -0.39 is 5.97 Å². The molecule has 0 amide bonds. The Labute approximate surface area is 136 Å². The van der Waals surface area contributed by atoms with Crippen LogP contribution in [0.25, 0.3) is 0 Å². The van der Waals surface area contributed by atoms with Gasteiger partial charge in [-0.3, -0.25) is 4.90 Å². The first-order chi connectivity index (χ1) is 11.1. The van der Waals surface area contributed by atoms with Crippen molar-refractivity contribution in [3.8, 4) is 0 Å². The molecule has 23 heavy (non-hydrogen) atoms. The Hall–Kier alpha value is -2.40. The van der Waals surface area contributed by atoms with E-state index in [-0.39, 0.29) is 5.69 Å². The molecule has 2 heterocycles. The van der Waals surface area contributed by atoms with Gasteiger partial charge in [0.2, 0.25) is 0 Å². The van der Waals surface area contributed by atoms with Crippen molar-refractivity contribution in [1.29, 1.82) is 0 Å². The molecule has 1 aromatic carbocycles. The summed E-state index contributed by atoms with van der Waals surface area (Å²) in [6.45, 7) is 2.65. The van der Waals surface area contributed by atoms with E-state index >= 15 is 0 Å². The molecule has 120 valence electrons. The molecule has 0 saturated carbocycles. The van der Waals surface area contributed by atoms with Gasteiger partial charge < -0.3 is 10.0 Å². The number of carbonyl (C=O) groups is 1. The van der Waals surface area contributed by atoms with Gasteiger partial charge in [-0.25, -0.2) is 9.78 Å². The molecule has 1 aliphatic rings. The van der Waals surface area contributed by atoms with Crippen LogP contribution in [0.3, 0.4) is 0 Å². The van der Waals surface area contributed by atoms with Crippen molar-refractivity contribution < 1.29 is 9.90 Å². The van der Waals surface area contributed by atoms with Gasteiger partial charge in [-0.1, -0.05) is 36.4 Å². The van der Waals surface area contributed by atoms with E-state index in [1.165, 1.54) is 11.6 Å². The Morgan fingerprint density at radius 1 is 1.17 bits per heavy atom. The van der Waals surface area contributed by atoms with E-state index in [4.69, 9.17) is 5.11 Å². The maximum atomic E-state index is 11.1. The maximum absolute atomic E-state index is 11.1. The van der Waals surface area contributed by atoms with Gasteiger partial charge in [-0.05, 0) is 31.2 Å².